The highest BCUT2D eigenvalue weighted by molar-refractivity contribution is 7.92. The second kappa shape index (κ2) is 10.1. The van der Waals surface area contributed by atoms with E-state index in [1.54, 1.807) is 31.2 Å². The number of hydrogen-bond donors (Lipinski definition) is 4. The van der Waals surface area contributed by atoms with Crippen LogP contribution in [0.2, 0.25) is 0 Å². The zero-order valence-electron chi connectivity index (χ0n) is 18.1. The lowest BCUT2D eigenvalue weighted by Crippen LogP contribution is -2.26. The van der Waals surface area contributed by atoms with E-state index in [-0.39, 0.29) is 5.75 Å². The average molecular weight is 447 g/mol. The van der Waals surface area contributed by atoms with Gasteiger partial charge in [-0.1, -0.05) is 26.0 Å². The topological polar surface area (TPSA) is 116 Å². The van der Waals surface area contributed by atoms with Crippen LogP contribution in [-0.2, 0) is 10.0 Å². The molecule has 0 radical (unpaired) electrons. The van der Waals surface area contributed by atoms with Crippen molar-refractivity contribution >= 4 is 26.6 Å². The number of aliphatic hydroxyl groups excluding tert-OH is 1. The van der Waals surface area contributed by atoms with E-state index in [4.69, 9.17) is 4.74 Å². The fraction of sp³-hybridized carbons (Fsp3) is 0.409. The number of aliphatic hydroxyl groups is 1. The van der Waals surface area contributed by atoms with Gasteiger partial charge in [0.1, 0.15) is 12.4 Å². The lowest BCUT2D eigenvalue weighted by molar-refractivity contribution is 0.172. The SMILES string of the molecule is CCS(=O)(=O)Nc1cccc([C@@H](O)CNCCOc2ccc3c(C(C)C)[nH]nc3c2)c1. The van der Waals surface area contributed by atoms with Crippen molar-refractivity contribution in [3.63, 3.8) is 0 Å². The number of fused-ring (bicyclic) bond motifs is 1. The molecule has 4 N–H and O–H groups in total. The lowest BCUT2D eigenvalue weighted by atomic mass is 10.1. The predicted molar refractivity (Wildman–Crippen MR) is 123 cm³/mol. The van der Waals surface area contributed by atoms with E-state index in [2.05, 4.69) is 34.1 Å². The average Bonchev–Trinajstić information content (AvgIpc) is 3.17. The van der Waals surface area contributed by atoms with Crippen molar-refractivity contribution in [2.45, 2.75) is 32.8 Å². The molecular formula is C22H30N4O4S. The molecule has 0 spiro atoms. The van der Waals surface area contributed by atoms with Crippen LogP contribution in [0.15, 0.2) is 42.5 Å². The normalized spacial score (nSPS) is 12.9. The van der Waals surface area contributed by atoms with Gasteiger partial charge in [-0.3, -0.25) is 9.82 Å². The van der Waals surface area contributed by atoms with Crippen LogP contribution < -0.4 is 14.8 Å². The van der Waals surface area contributed by atoms with Crippen LogP contribution in [0, 0.1) is 0 Å². The highest BCUT2D eigenvalue weighted by Crippen LogP contribution is 2.26. The molecule has 31 heavy (non-hydrogen) atoms. The van der Waals surface area contributed by atoms with Crippen molar-refractivity contribution in [3.05, 3.63) is 53.7 Å². The number of anilines is 1. The molecule has 8 nitrogen and oxygen atoms in total. The summed E-state index contributed by atoms with van der Waals surface area (Å²) in [6.07, 6.45) is -0.763. The third kappa shape index (κ3) is 6.19. The minimum atomic E-state index is -3.35. The van der Waals surface area contributed by atoms with Crippen LogP contribution in [0.25, 0.3) is 10.9 Å². The molecule has 0 bridgehead atoms. The van der Waals surface area contributed by atoms with Gasteiger partial charge >= 0.3 is 0 Å². The van der Waals surface area contributed by atoms with Crippen molar-refractivity contribution in [2.75, 3.05) is 30.2 Å². The maximum absolute atomic E-state index is 11.7. The Morgan fingerprint density at radius 1 is 1.19 bits per heavy atom. The van der Waals surface area contributed by atoms with Crippen LogP contribution in [0.4, 0.5) is 5.69 Å². The Hall–Kier alpha value is -2.62. The summed E-state index contributed by atoms with van der Waals surface area (Å²) < 4.78 is 31.7. The Balaban J connectivity index is 1.46. The smallest absolute Gasteiger partial charge is 0.232 e. The molecule has 2 aromatic carbocycles. The number of ether oxygens (including phenoxy) is 1. The number of nitrogens with one attached hydrogen (secondary N) is 3. The largest absolute Gasteiger partial charge is 0.492 e. The van der Waals surface area contributed by atoms with E-state index < -0.39 is 16.1 Å². The van der Waals surface area contributed by atoms with E-state index in [1.165, 1.54) is 0 Å². The molecule has 0 aliphatic heterocycles. The van der Waals surface area contributed by atoms with Gasteiger partial charge in [0.2, 0.25) is 10.0 Å². The predicted octanol–water partition coefficient (Wildman–Crippen LogP) is 3.15. The Labute approximate surface area is 183 Å². The quantitative estimate of drug-likeness (QED) is 0.336. The van der Waals surface area contributed by atoms with Crippen molar-refractivity contribution in [3.8, 4) is 5.75 Å². The first-order valence-corrected chi connectivity index (χ1v) is 12.0. The molecule has 3 aromatic rings. The molecule has 0 fully saturated rings. The molecule has 0 saturated carbocycles. The first-order chi connectivity index (χ1) is 14.8. The highest BCUT2D eigenvalue weighted by Gasteiger charge is 2.12. The standard InChI is InChI=1S/C22H30N4O4S/c1-4-31(28,29)26-17-7-5-6-16(12-17)21(27)14-23-10-11-30-18-8-9-19-20(13-18)24-25-22(19)15(2)3/h5-9,12-13,15,21,23,26-27H,4,10-11,14H2,1-3H3,(H,24,25)/t21-/m0/s1. The zero-order chi connectivity index (χ0) is 22.4. The number of nitrogens with zero attached hydrogens (tertiary/aromatic N) is 1. The summed E-state index contributed by atoms with van der Waals surface area (Å²) in [5, 5.41) is 22.1. The van der Waals surface area contributed by atoms with Crippen molar-refractivity contribution in [1.82, 2.24) is 15.5 Å². The zero-order valence-corrected chi connectivity index (χ0v) is 18.9. The monoisotopic (exact) mass is 446 g/mol. The van der Waals surface area contributed by atoms with Gasteiger partial charge < -0.3 is 15.2 Å². The second-order valence-corrected chi connectivity index (χ2v) is 9.68. The van der Waals surface area contributed by atoms with Crippen molar-refractivity contribution in [2.24, 2.45) is 0 Å². The van der Waals surface area contributed by atoms with Crippen LogP contribution >= 0.6 is 0 Å². The number of sulfonamides is 1. The summed E-state index contributed by atoms with van der Waals surface area (Å²) in [4.78, 5) is 0. The third-order valence-electron chi connectivity index (χ3n) is 4.94. The molecule has 1 atom stereocenters. The van der Waals surface area contributed by atoms with Gasteiger partial charge in [0, 0.05) is 35.9 Å². The van der Waals surface area contributed by atoms with E-state index >= 15 is 0 Å². The molecule has 1 aromatic heterocycles. The van der Waals surface area contributed by atoms with Crippen molar-refractivity contribution in [1.29, 1.82) is 0 Å². The molecular weight excluding hydrogens is 416 g/mol. The number of aromatic nitrogens is 2. The molecule has 168 valence electrons. The number of aromatic amines is 1. The highest BCUT2D eigenvalue weighted by atomic mass is 32.2. The third-order valence-corrected chi connectivity index (χ3v) is 6.25. The second-order valence-electron chi connectivity index (χ2n) is 7.67. The summed E-state index contributed by atoms with van der Waals surface area (Å²) in [6, 6.07) is 12.6. The van der Waals surface area contributed by atoms with Gasteiger partial charge in [-0.05, 0) is 42.7 Å². The number of H-pyrrole nitrogens is 1. The minimum Gasteiger partial charge on any atom is -0.492 e. The van der Waals surface area contributed by atoms with E-state index in [9.17, 15) is 13.5 Å². The van der Waals surface area contributed by atoms with Gasteiger partial charge in [0.05, 0.1) is 17.4 Å². The Bertz CT molecular complexity index is 1110. The first-order valence-electron chi connectivity index (χ1n) is 10.4. The molecule has 9 heteroatoms. The van der Waals surface area contributed by atoms with Crippen LogP contribution in [0.1, 0.15) is 44.1 Å². The van der Waals surface area contributed by atoms with Crippen LogP contribution in [-0.4, -0.2) is 49.2 Å². The maximum Gasteiger partial charge on any atom is 0.232 e. The van der Waals surface area contributed by atoms with E-state index in [0.29, 0.717) is 36.9 Å². The number of rotatable bonds is 11. The molecule has 0 unspecified atom stereocenters. The summed E-state index contributed by atoms with van der Waals surface area (Å²) in [7, 11) is -3.35. The molecule has 0 aliphatic carbocycles. The number of benzene rings is 2. The molecule has 3 rings (SSSR count). The Morgan fingerprint density at radius 2 is 2.00 bits per heavy atom. The summed E-state index contributed by atoms with van der Waals surface area (Å²) in [5.41, 5.74) is 3.07. The van der Waals surface area contributed by atoms with Crippen molar-refractivity contribution < 1.29 is 18.3 Å². The molecule has 0 amide bonds. The lowest BCUT2D eigenvalue weighted by Gasteiger charge is -2.14. The van der Waals surface area contributed by atoms with Gasteiger partial charge in [-0.2, -0.15) is 5.10 Å². The first kappa shape index (κ1) is 23.1. The van der Waals surface area contributed by atoms with Gasteiger partial charge in [-0.15, -0.1) is 0 Å². The summed E-state index contributed by atoms with van der Waals surface area (Å²) >= 11 is 0. The Kier molecular flexibility index (Phi) is 7.53. The Morgan fingerprint density at radius 3 is 2.74 bits per heavy atom. The number of hydrogen-bond acceptors (Lipinski definition) is 6. The van der Waals surface area contributed by atoms with E-state index in [1.807, 2.05) is 18.2 Å². The maximum atomic E-state index is 11.7. The fourth-order valence-electron chi connectivity index (χ4n) is 3.20. The van der Waals surface area contributed by atoms with Gasteiger partial charge in [0.25, 0.3) is 0 Å². The van der Waals surface area contributed by atoms with Gasteiger partial charge in [0.15, 0.2) is 0 Å². The summed E-state index contributed by atoms with van der Waals surface area (Å²) in [6.45, 7) is 7.13. The molecule has 0 aliphatic rings. The summed E-state index contributed by atoms with van der Waals surface area (Å²) in [5.74, 6) is 1.11. The minimum absolute atomic E-state index is 0.00664. The fourth-order valence-corrected chi connectivity index (χ4v) is 3.83. The molecule has 1 heterocycles. The van der Waals surface area contributed by atoms with Crippen LogP contribution in [0.3, 0.4) is 0 Å². The van der Waals surface area contributed by atoms with Crippen LogP contribution in [0.5, 0.6) is 5.75 Å². The molecule has 0 saturated heterocycles. The van der Waals surface area contributed by atoms with E-state index in [0.717, 1.165) is 22.3 Å². The van der Waals surface area contributed by atoms with Gasteiger partial charge in [-0.25, -0.2) is 8.42 Å².